The van der Waals surface area contributed by atoms with Gasteiger partial charge in [-0.3, -0.25) is 0 Å². The van der Waals surface area contributed by atoms with Gasteiger partial charge in [-0.05, 0) is 0 Å². The van der Waals surface area contributed by atoms with Gasteiger partial charge in [-0.2, -0.15) is 16.3 Å². The minimum atomic E-state index is -1.42. The molecule has 1 aliphatic rings. The zero-order valence-corrected chi connectivity index (χ0v) is 17.8. The first-order valence-electron chi connectivity index (χ1n) is 7.03. The molecule has 0 radical (unpaired) electrons. The zero-order valence-electron chi connectivity index (χ0n) is 13.0. The van der Waals surface area contributed by atoms with Gasteiger partial charge in [0.15, 0.2) is 0 Å². The van der Waals surface area contributed by atoms with E-state index in [0.29, 0.717) is 0 Å². The smallest absolute Gasteiger partial charge is 1.00 e. The van der Waals surface area contributed by atoms with E-state index in [2.05, 4.69) is 56.3 Å². The number of halogens is 3. The van der Waals surface area contributed by atoms with E-state index >= 15 is 0 Å². The second-order valence-corrected chi connectivity index (χ2v) is 9.97. The van der Waals surface area contributed by atoms with Crippen molar-refractivity contribution in [3.8, 4) is 0 Å². The molecule has 118 valence electrons. The van der Waals surface area contributed by atoms with Crippen molar-refractivity contribution in [1.29, 1.82) is 0 Å². The van der Waals surface area contributed by atoms with Gasteiger partial charge in [0.2, 0.25) is 0 Å². The van der Waals surface area contributed by atoms with Crippen molar-refractivity contribution in [2.24, 2.45) is 0 Å². The fourth-order valence-electron chi connectivity index (χ4n) is 3.90. The molecule has 5 heteroatoms. The van der Waals surface area contributed by atoms with E-state index in [1.807, 2.05) is 0 Å². The van der Waals surface area contributed by atoms with Gasteiger partial charge in [0.05, 0.1) is 8.07 Å². The molecule has 0 bridgehead atoms. The van der Waals surface area contributed by atoms with Gasteiger partial charge in [0, 0.05) is 0 Å². The van der Waals surface area contributed by atoms with Crippen molar-refractivity contribution < 1.29 is 58.9 Å². The third-order valence-corrected chi connectivity index (χ3v) is 10.2. The van der Waals surface area contributed by atoms with Crippen LogP contribution >= 0.6 is 0 Å². The maximum absolute atomic E-state index is 2.38. The molecule has 2 aromatic rings. The number of hydrogen-bond donors (Lipinski definition) is 0. The van der Waals surface area contributed by atoms with E-state index in [-0.39, 0.29) is 58.9 Å². The molecule has 22 heavy (non-hydrogen) atoms. The topological polar surface area (TPSA) is 0 Å². The van der Waals surface area contributed by atoms with Crippen LogP contribution in [0.4, 0.5) is 0 Å². The average molecular weight is 408 g/mol. The Balaban J connectivity index is 0. The molecule has 0 aromatic heterocycles. The van der Waals surface area contributed by atoms with Gasteiger partial charge in [0.1, 0.15) is 0 Å². The van der Waals surface area contributed by atoms with Crippen molar-refractivity contribution in [2.75, 3.05) is 0 Å². The second-order valence-electron chi connectivity index (χ2n) is 5.73. The van der Waals surface area contributed by atoms with Gasteiger partial charge in [0.25, 0.3) is 0 Å². The Kier molecular flexibility index (Phi) is 11.5. The first kappa shape index (κ1) is 24.6. The van der Waals surface area contributed by atoms with Crippen LogP contribution in [0.15, 0.2) is 42.5 Å². The fraction of sp³-hybridized carbons (Fsp3) is 0.353. The Morgan fingerprint density at radius 2 is 1.23 bits per heavy atom. The standard InChI is InChI=1S/C17H21Si.3ClH.Ti/c1-14-10-11-15(2)17(14)18(12-6-7-13-18)16-8-4-3-5-9-16;;;;/h3-5,8-11H,6-7,12-13H2,1-2H3;3*1H;/q-1;;;;+4/p-3. The first-order chi connectivity index (χ1) is 8.74. The summed E-state index contributed by atoms with van der Waals surface area (Å²) in [5, 5.41) is 3.39. The van der Waals surface area contributed by atoms with E-state index in [1.54, 1.807) is 10.4 Å². The van der Waals surface area contributed by atoms with Crippen LogP contribution in [0.5, 0.6) is 0 Å². The first-order valence-corrected chi connectivity index (χ1v) is 9.44. The summed E-state index contributed by atoms with van der Waals surface area (Å²) in [5.74, 6) is 0. The maximum atomic E-state index is 2.38. The molecule has 0 spiro atoms. The molecule has 1 aliphatic heterocycles. The summed E-state index contributed by atoms with van der Waals surface area (Å²) >= 11 is 0. The van der Waals surface area contributed by atoms with Gasteiger partial charge in [-0.25, -0.2) is 12.1 Å². The average Bonchev–Trinajstić information content (AvgIpc) is 2.99. The van der Waals surface area contributed by atoms with Crippen LogP contribution in [-0.4, -0.2) is 8.07 Å². The molecule has 2 aromatic carbocycles. The Bertz CT molecular complexity index is 529. The quantitative estimate of drug-likeness (QED) is 0.344. The Morgan fingerprint density at radius 3 is 1.68 bits per heavy atom. The molecule has 0 unspecified atom stereocenters. The summed E-state index contributed by atoms with van der Waals surface area (Å²) in [6, 6.07) is 18.9. The molecule has 1 saturated heterocycles. The van der Waals surface area contributed by atoms with E-state index < -0.39 is 8.07 Å². The van der Waals surface area contributed by atoms with Crippen LogP contribution in [0.1, 0.15) is 24.0 Å². The van der Waals surface area contributed by atoms with E-state index in [0.717, 1.165) is 0 Å². The largest absolute Gasteiger partial charge is 4.00 e. The fourth-order valence-corrected chi connectivity index (χ4v) is 9.73. The summed E-state index contributed by atoms with van der Waals surface area (Å²) in [4.78, 5) is 0. The monoisotopic (exact) mass is 406 g/mol. The van der Waals surface area contributed by atoms with Crippen LogP contribution in [0.2, 0.25) is 12.1 Å². The molecule has 1 fully saturated rings. The third-order valence-electron chi connectivity index (χ3n) is 4.63. The van der Waals surface area contributed by atoms with E-state index in [9.17, 15) is 0 Å². The van der Waals surface area contributed by atoms with Crippen molar-refractivity contribution in [1.82, 2.24) is 0 Å². The minimum absolute atomic E-state index is 0. The maximum Gasteiger partial charge on any atom is 4.00 e. The Morgan fingerprint density at radius 1 is 0.773 bits per heavy atom. The predicted octanol–water partition coefficient (Wildman–Crippen LogP) is -5.61. The Labute approximate surface area is 169 Å². The van der Waals surface area contributed by atoms with Crippen molar-refractivity contribution >= 4 is 18.4 Å². The molecule has 0 nitrogen and oxygen atoms in total. The molecule has 3 rings (SSSR count). The summed E-state index contributed by atoms with van der Waals surface area (Å²) in [6.45, 7) is 4.61. The summed E-state index contributed by atoms with van der Waals surface area (Å²) in [7, 11) is -1.42. The van der Waals surface area contributed by atoms with Gasteiger partial charge in [-0.1, -0.05) is 74.3 Å². The normalized spacial score (nSPS) is 14.8. The van der Waals surface area contributed by atoms with Gasteiger partial charge >= 0.3 is 21.7 Å². The van der Waals surface area contributed by atoms with Crippen LogP contribution in [-0.2, 0) is 21.7 Å². The minimum Gasteiger partial charge on any atom is -1.00 e. The van der Waals surface area contributed by atoms with E-state index in [4.69, 9.17) is 0 Å². The van der Waals surface area contributed by atoms with Gasteiger partial charge < -0.3 is 37.2 Å². The molecule has 1 heterocycles. The number of hydrogen-bond acceptors (Lipinski definition) is 0. The summed E-state index contributed by atoms with van der Waals surface area (Å²) < 4.78 is 0. The van der Waals surface area contributed by atoms with Crippen LogP contribution in [0.25, 0.3) is 0 Å². The third kappa shape index (κ3) is 4.26. The van der Waals surface area contributed by atoms with Crippen LogP contribution < -0.4 is 47.6 Å². The molecule has 0 aliphatic carbocycles. The molecular formula is C17H21Cl3SiTi. The predicted molar refractivity (Wildman–Crippen MR) is 81.8 cm³/mol. The second kappa shape index (κ2) is 10.3. The number of benzene rings is 1. The van der Waals surface area contributed by atoms with Crippen molar-refractivity contribution in [2.45, 2.75) is 38.8 Å². The molecule has 0 amide bonds. The molecule has 0 saturated carbocycles. The summed E-state index contributed by atoms with van der Waals surface area (Å²) in [5.41, 5.74) is 3.06. The zero-order chi connectivity index (χ0) is 12.6. The Hall–Kier alpha value is 0.371. The van der Waals surface area contributed by atoms with Crippen molar-refractivity contribution in [3.63, 3.8) is 0 Å². The van der Waals surface area contributed by atoms with Crippen molar-refractivity contribution in [3.05, 3.63) is 53.6 Å². The molecular weight excluding hydrogens is 386 g/mol. The SMILES string of the molecule is Cc1ccc(C)[c-]1[Si]1(c2ccccc2)CCCC1.[Cl-].[Cl-].[Cl-].[Ti+4]. The molecule has 0 N–H and O–H groups in total. The molecule has 0 atom stereocenters. The van der Waals surface area contributed by atoms with Gasteiger partial charge in [-0.15, -0.1) is 0 Å². The number of rotatable bonds is 2. The van der Waals surface area contributed by atoms with E-state index in [1.165, 1.54) is 36.1 Å². The van der Waals surface area contributed by atoms with Crippen LogP contribution in [0.3, 0.4) is 0 Å². The summed E-state index contributed by atoms with van der Waals surface area (Å²) in [6.07, 6.45) is 2.84. The van der Waals surface area contributed by atoms with Crippen LogP contribution in [0, 0.1) is 13.8 Å². The number of aryl methyl sites for hydroxylation is 2.